The fourth-order valence-electron chi connectivity index (χ4n) is 3.56. The Morgan fingerprint density at radius 1 is 1.00 bits per heavy atom. The molecule has 16 heavy (non-hydrogen) atoms. The molecule has 0 bridgehead atoms. The third-order valence-electron chi connectivity index (χ3n) is 4.59. The molecule has 2 unspecified atom stereocenters. The van der Waals surface area contributed by atoms with Crippen molar-refractivity contribution < 1.29 is 4.79 Å². The predicted molar refractivity (Wildman–Crippen MR) is 66.1 cm³/mol. The molecule has 2 aliphatic carbocycles. The van der Waals surface area contributed by atoms with Crippen LogP contribution in [0.1, 0.15) is 57.8 Å². The van der Waals surface area contributed by atoms with Gasteiger partial charge in [0, 0.05) is 12.3 Å². The number of carbonyl (C=O) groups is 1. The summed E-state index contributed by atoms with van der Waals surface area (Å²) in [7, 11) is 0. The van der Waals surface area contributed by atoms with Gasteiger partial charge in [-0.25, -0.2) is 0 Å². The molecule has 2 fully saturated rings. The zero-order chi connectivity index (χ0) is 11.4. The molecule has 0 aliphatic heterocycles. The highest BCUT2D eigenvalue weighted by atomic mass is 16.1. The summed E-state index contributed by atoms with van der Waals surface area (Å²) in [5.41, 5.74) is 5.79. The second-order valence-corrected chi connectivity index (χ2v) is 5.71. The van der Waals surface area contributed by atoms with Crippen LogP contribution in [0.3, 0.4) is 0 Å². The largest absolute Gasteiger partial charge is 0.330 e. The van der Waals surface area contributed by atoms with E-state index in [-0.39, 0.29) is 0 Å². The normalized spacial score (nSPS) is 31.8. The van der Waals surface area contributed by atoms with Crippen LogP contribution in [-0.4, -0.2) is 12.3 Å². The number of hydrogen-bond donors (Lipinski definition) is 1. The van der Waals surface area contributed by atoms with Crippen LogP contribution in [-0.2, 0) is 4.79 Å². The van der Waals surface area contributed by atoms with Crippen LogP contribution in [0.25, 0.3) is 0 Å². The van der Waals surface area contributed by atoms with Crippen molar-refractivity contribution in [2.24, 2.45) is 23.5 Å². The van der Waals surface area contributed by atoms with E-state index in [9.17, 15) is 4.79 Å². The lowest BCUT2D eigenvalue weighted by Crippen LogP contribution is -2.33. The van der Waals surface area contributed by atoms with Crippen LogP contribution in [0.4, 0.5) is 0 Å². The molecule has 0 aromatic rings. The lowest BCUT2D eigenvalue weighted by Gasteiger charge is -2.30. The van der Waals surface area contributed by atoms with Gasteiger partial charge in [0.15, 0.2) is 0 Å². The van der Waals surface area contributed by atoms with E-state index in [4.69, 9.17) is 5.73 Å². The van der Waals surface area contributed by atoms with Gasteiger partial charge in [-0.05, 0) is 31.2 Å². The molecule has 2 aliphatic rings. The van der Waals surface area contributed by atoms with Crippen LogP contribution in [0.2, 0.25) is 0 Å². The molecule has 92 valence electrons. The number of rotatable bonds is 4. The van der Waals surface area contributed by atoms with E-state index in [1.54, 1.807) is 0 Å². The van der Waals surface area contributed by atoms with Crippen LogP contribution in [0.15, 0.2) is 0 Å². The lowest BCUT2D eigenvalue weighted by atomic mass is 9.75. The van der Waals surface area contributed by atoms with Crippen molar-refractivity contribution in [3.63, 3.8) is 0 Å². The number of ketones is 1. The summed E-state index contributed by atoms with van der Waals surface area (Å²) in [6.07, 6.45) is 10.9. The summed E-state index contributed by atoms with van der Waals surface area (Å²) in [6, 6.07) is 0. The van der Waals surface area contributed by atoms with Gasteiger partial charge in [0.2, 0.25) is 0 Å². The molecule has 0 aromatic carbocycles. The van der Waals surface area contributed by atoms with Gasteiger partial charge in [0.25, 0.3) is 0 Å². The highest BCUT2D eigenvalue weighted by Gasteiger charge is 2.31. The maximum atomic E-state index is 12.3. The van der Waals surface area contributed by atoms with Gasteiger partial charge in [-0.15, -0.1) is 0 Å². The fraction of sp³-hybridized carbons (Fsp3) is 0.929. The molecule has 0 heterocycles. The molecule has 2 N–H and O–H groups in total. The van der Waals surface area contributed by atoms with E-state index in [0.29, 0.717) is 30.1 Å². The third kappa shape index (κ3) is 2.85. The molecule has 2 atom stereocenters. The van der Waals surface area contributed by atoms with Gasteiger partial charge in [0.05, 0.1) is 0 Å². The van der Waals surface area contributed by atoms with Crippen LogP contribution < -0.4 is 5.73 Å². The summed E-state index contributed by atoms with van der Waals surface area (Å²) < 4.78 is 0. The Kier molecular flexibility index (Phi) is 4.39. The molecule has 0 saturated heterocycles. The Labute approximate surface area is 99.0 Å². The Bertz CT molecular complexity index is 233. The van der Waals surface area contributed by atoms with Crippen molar-refractivity contribution in [3.8, 4) is 0 Å². The van der Waals surface area contributed by atoms with Crippen molar-refractivity contribution >= 4 is 5.78 Å². The zero-order valence-electron chi connectivity index (χ0n) is 10.3. The average Bonchev–Trinajstić information content (AvgIpc) is 2.81. The van der Waals surface area contributed by atoms with E-state index in [0.717, 1.165) is 12.8 Å². The summed E-state index contributed by atoms with van der Waals surface area (Å²) in [5, 5.41) is 0. The lowest BCUT2D eigenvalue weighted by molar-refractivity contribution is -0.126. The quantitative estimate of drug-likeness (QED) is 0.796. The van der Waals surface area contributed by atoms with Crippen molar-refractivity contribution in [2.75, 3.05) is 6.54 Å². The maximum Gasteiger partial charge on any atom is 0.136 e. The van der Waals surface area contributed by atoms with Crippen molar-refractivity contribution in [1.82, 2.24) is 0 Å². The zero-order valence-corrected chi connectivity index (χ0v) is 10.3. The van der Waals surface area contributed by atoms with E-state index >= 15 is 0 Å². The van der Waals surface area contributed by atoms with Gasteiger partial charge in [-0.3, -0.25) is 4.79 Å². The summed E-state index contributed by atoms with van der Waals surface area (Å²) in [4.78, 5) is 12.3. The molecule has 2 nitrogen and oxygen atoms in total. The van der Waals surface area contributed by atoms with Gasteiger partial charge in [0.1, 0.15) is 5.78 Å². The second kappa shape index (κ2) is 5.81. The summed E-state index contributed by atoms with van der Waals surface area (Å²) in [5.74, 6) is 2.02. The van der Waals surface area contributed by atoms with E-state index in [1.807, 2.05) is 0 Å². The molecule has 0 spiro atoms. The Hall–Kier alpha value is -0.370. The molecular formula is C14H25NO. The predicted octanol–water partition coefficient (Wildman–Crippen LogP) is 2.90. The van der Waals surface area contributed by atoms with E-state index in [2.05, 4.69) is 0 Å². The highest BCUT2D eigenvalue weighted by Crippen LogP contribution is 2.34. The molecular weight excluding hydrogens is 198 g/mol. The molecule has 0 amide bonds. The first-order valence-electron chi connectivity index (χ1n) is 7.04. The van der Waals surface area contributed by atoms with Gasteiger partial charge in [-0.2, -0.15) is 0 Å². The molecule has 0 aromatic heterocycles. The monoisotopic (exact) mass is 223 g/mol. The van der Waals surface area contributed by atoms with Gasteiger partial charge in [-0.1, -0.05) is 38.5 Å². The second-order valence-electron chi connectivity index (χ2n) is 5.71. The first-order valence-corrected chi connectivity index (χ1v) is 7.04. The maximum absolute atomic E-state index is 12.3. The average molecular weight is 223 g/mol. The highest BCUT2D eigenvalue weighted by molar-refractivity contribution is 5.81. The minimum Gasteiger partial charge on any atom is -0.330 e. The van der Waals surface area contributed by atoms with Crippen LogP contribution in [0.5, 0.6) is 0 Å². The molecule has 2 heteroatoms. The van der Waals surface area contributed by atoms with Gasteiger partial charge < -0.3 is 5.73 Å². The van der Waals surface area contributed by atoms with Crippen LogP contribution >= 0.6 is 0 Å². The van der Waals surface area contributed by atoms with Crippen LogP contribution in [0, 0.1) is 17.8 Å². The fourth-order valence-corrected chi connectivity index (χ4v) is 3.56. The summed E-state index contributed by atoms with van der Waals surface area (Å²) in [6.45, 7) is 0.709. The Morgan fingerprint density at radius 2 is 1.62 bits per heavy atom. The van der Waals surface area contributed by atoms with E-state index < -0.39 is 0 Å². The topological polar surface area (TPSA) is 43.1 Å². The van der Waals surface area contributed by atoms with Gasteiger partial charge >= 0.3 is 0 Å². The SMILES string of the molecule is NCC1CCCCC1C(=O)CC1CCCC1. The minimum atomic E-state index is 0.305. The van der Waals surface area contributed by atoms with Crippen molar-refractivity contribution in [3.05, 3.63) is 0 Å². The molecule has 2 rings (SSSR count). The first-order chi connectivity index (χ1) is 7.81. The number of hydrogen-bond acceptors (Lipinski definition) is 2. The van der Waals surface area contributed by atoms with Crippen molar-refractivity contribution in [2.45, 2.75) is 57.8 Å². The molecule has 0 radical (unpaired) electrons. The minimum absolute atomic E-state index is 0.305. The molecule has 2 saturated carbocycles. The number of nitrogens with two attached hydrogens (primary N) is 1. The third-order valence-corrected chi connectivity index (χ3v) is 4.59. The summed E-state index contributed by atoms with van der Waals surface area (Å²) >= 11 is 0. The smallest absolute Gasteiger partial charge is 0.136 e. The first kappa shape index (κ1) is 12.1. The van der Waals surface area contributed by atoms with E-state index in [1.165, 1.54) is 44.9 Å². The Morgan fingerprint density at radius 3 is 2.31 bits per heavy atom. The van der Waals surface area contributed by atoms with Crippen molar-refractivity contribution in [1.29, 1.82) is 0 Å². The standard InChI is InChI=1S/C14H25NO/c15-10-12-7-3-4-8-13(12)14(16)9-11-5-1-2-6-11/h11-13H,1-10,15H2. The number of carbonyl (C=O) groups excluding carboxylic acids is 1. The Balaban J connectivity index is 1.86. The number of Topliss-reactive ketones (excluding diaryl/α,β-unsaturated/α-hetero) is 1.